The zero-order chi connectivity index (χ0) is 21.4. The molecule has 0 spiro atoms. The minimum atomic E-state index is -0.161. The minimum absolute atomic E-state index is 0.161. The van der Waals surface area contributed by atoms with Gasteiger partial charge in [0.25, 0.3) is 0 Å². The Morgan fingerprint density at radius 1 is 0.931 bits per heavy atom. The van der Waals surface area contributed by atoms with E-state index in [1.54, 1.807) is 10.8 Å². The normalized spacial score (nSPS) is 16.4. The molecular weight excluding hydrogens is 398 g/mol. The molecule has 1 aromatic carbocycles. The van der Waals surface area contributed by atoms with Crippen LogP contribution in [0, 0.1) is 6.92 Å². The maximum Gasteiger partial charge on any atom is 0.206 e. The molecule has 29 heavy (non-hydrogen) atoms. The van der Waals surface area contributed by atoms with Crippen LogP contribution in [0.15, 0.2) is 17.3 Å². The molecule has 0 bridgehead atoms. The lowest BCUT2D eigenvalue weighted by Crippen LogP contribution is -2.18. The van der Waals surface area contributed by atoms with E-state index in [2.05, 4.69) is 68.4 Å². The fraction of sp³-hybridized carbons (Fsp3) is 0.652. The number of hydrogen-bond donors (Lipinski definition) is 1. The van der Waals surface area contributed by atoms with E-state index >= 15 is 0 Å². The lowest BCUT2D eigenvalue weighted by atomic mass is 9.79. The van der Waals surface area contributed by atoms with Gasteiger partial charge in [0.2, 0.25) is 5.16 Å². The van der Waals surface area contributed by atoms with Gasteiger partial charge in [-0.3, -0.25) is 4.57 Å². The summed E-state index contributed by atoms with van der Waals surface area (Å²) in [5.74, 6) is 1.28. The van der Waals surface area contributed by atoms with Gasteiger partial charge >= 0.3 is 0 Å². The number of aryl methyl sites for hydroxylation is 1. The maximum atomic E-state index is 11.0. The number of hydrogen-bond acceptors (Lipinski definition) is 5. The average molecular weight is 434 g/mol. The van der Waals surface area contributed by atoms with Crippen molar-refractivity contribution in [3.05, 3.63) is 29.1 Å². The zero-order valence-electron chi connectivity index (χ0n) is 18.9. The van der Waals surface area contributed by atoms with Crippen molar-refractivity contribution >= 4 is 21.6 Å². The van der Waals surface area contributed by atoms with Gasteiger partial charge in [-0.15, -0.1) is 10.2 Å². The highest BCUT2D eigenvalue weighted by Crippen LogP contribution is 2.43. The Morgan fingerprint density at radius 2 is 1.48 bits per heavy atom. The topological polar surface area (TPSA) is 50.9 Å². The monoisotopic (exact) mass is 433 g/mol. The number of aromatic hydroxyl groups is 1. The second-order valence-electron chi connectivity index (χ2n) is 10.2. The molecule has 1 aromatic heterocycles. The summed E-state index contributed by atoms with van der Waals surface area (Å²) < 4.78 is 2.14. The standard InChI is InChI=1S/C23H35N3OS2/c1-15-24-25-21(29-28-17-11-9-8-10-12-17)26(15)16-13-18(22(2,3)4)20(27)19(14-16)23(5,6)7/h13-14,17,27H,8-12H2,1-7H3. The fourth-order valence-corrected chi connectivity index (χ4v) is 6.56. The Kier molecular flexibility index (Phi) is 6.64. The van der Waals surface area contributed by atoms with Gasteiger partial charge in [0.1, 0.15) is 11.6 Å². The molecule has 0 aliphatic heterocycles. The average Bonchev–Trinajstić information content (AvgIpc) is 3.00. The molecule has 1 fully saturated rings. The van der Waals surface area contributed by atoms with E-state index in [1.165, 1.54) is 32.1 Å². The van der Waals surface area contributed by atoms with Gasteiger partial charge < -0.3 is 5.11 Å². The highest BCUT2D eigenvalue weighted by Gasteiger charge is 2.28. The predicted molar refractivity (Wildman–Crippen MR) is 125 cm³/mol. The third-order valence-corrected chi connectivity index (χ3v) is 8.38. The first-order valence-electron chi connectivity index (χ1n) is 10.6. The van der Waals surface area contributed by atoms with Crippen molar-refractivity contribution in [2.24, 2.45) is 0 Å². The van der Waals surface area contributed by atoms with Gasteiger partial charge in [0.05, 0.1) is 5.69 Å². The van der Waals surface area contributed by atoms with E-state index < -0.39 is 0 Å². The highest BCUT2D eigenvalue weighted by atomic mass is 33.1. The lowest BCUT2D eigenvalue weighted by Gasteiger charge is -2.28. The number of phenols is 1. The summed E-state index contributed by atoms with van der Waals surface area (Å²) in [4.78, 5) is 0. The van der Waals surface area contributed by atoms with Gasteiger partial charge in [-0.2, -0.15) is 0 Å². The van der Waals surface area contributed by atoms with Crippen LogP contribution in [0.2, 0.25) is 0 Å². The Hall–Kier alpha value is -1.14. The lowest BCUT2D eigenvalue weighted by molar-refractivity contribution is 0.423. The van der Waals surface area contributed by atoms with E-state index in [0.29, 0.717) is 11.0 Å². The summed E-state index contributed by atoms with van der Waals surface area (Å²) in [5.41, 5.74) is 2.64. The molecule has 0 radical (unpaired) electrons. The van der Waals surface area contributed by atoms with E-state index in [0.717, 1.165) is 27.8 Å². The second kappa shape index (κ2) is 8.54. The molecule has 1 N–H and O–H groups in total. The van der Waals surface area contributed by atoms with Crippen molar-refractivity contribution < 1.29 is 5.11 Å². The molecule has 2 aromatic rings. The summed E-state index contributed by atoms with van der Waals surface area (Å²) in [6, 6.07) is 4.21. The Balaban J connectivity index is 2.03. The molecule has 1 aliphatic carbocycles. The summed E-state index contributed by atoms with van der Waals surface area (Å²) in [5, 5.41) is 21.5. The fourth-order valence-electron chi connectivity index (χ4n) is 3.86. The van der Waals surface area contributed by atoms with Crippen molar-refractivity contribution in [1.29, 1.82) is 0 Å². The largest absolute Gasteiger partial charge is 0.507 e. The smallest absolute Gasteiger partial charge is 0.206 e. The maximum absolute atomic E-state index is 11.0. The molecule has 1 aliphatic rings. The van der Waals surface area contributed by atoms with Crippen LogP contribution in [0.5, 0.6) is 5.75 Å². The molecule has 1 saturated carbocycles. The van der Waals surface area contributed by atoms with Crippen LogP contribution in [-0.2, 0) is 10.8 Å². The van der Waals surface area contributed by atoms with Crippen molar-refractivity contribution in [3.63, 3.8) is 0 Å². The third-order valence-electron chi connectivity index (χ3n) is 5.57. The third kappa shape index (κ3) is 5.13. The Bertz CT molecular complexity index is 821. The zero-order valence-corrected chi connectivity index (χ0v) is 20.5. The van der Waals surface area contributed by atoms with Crippen molar-refractivity contribution in [2.75, 3.05) is 0 Å². The van der Waals surface area contributed by atoms with Crippen LogP contribution in [0.1, 0.15) is 90.6 Å². The molecule has 1 heterocycles. The Morgan fingerprint density at radius 3 is 2.00 bits per heavy atom. The molecule has 0 unspecified atom stereocenters. The van der Waals surface area contributed by atoms with Gasteiger partial charge in [-0.1, -0.05) is 71.6 Å². The van der Waals surface area contributed by atoms with Crippen LogP contribution in [0.3, 0.4) is 0 Å². The number of rotatable bonds is 4. The first kappa shape index (κ1) is 22.5. The summed E-state index contributed by atoms with van der Waals surface area (Å²) >= 11 is 0. The second-order valence-corrected chi connectivity index (χ2v) is 12.7. The summed E-state index contributed by atoms with van der Waals surface area (Å²) in [6.45, 7) is 14.9. The SMILES string of the molecule is Cc1nnc(SSC2CCCCC2)n1-c1cc(C(C)(C)C)c(O)c(C(C)(C)C)c1. The van der Waals surface area contributed by atoms with E-state index in [4.69, 9.17) is 0 Å². The number of benzene rings is 1. The molecule has 0 saturated heterocycles. The van der Waals surface area contributed by atoms with Crippen molar-refractivity contribution in [2.45, 2.75) is 102 Å². The van der Waals surface area contributed by atoms with Gasteiger partial charge in [-0.05, 0) is 53.5 Å². The summed E-state index contributed by atoms with van der Waals surface area (Å²) in [6.07, 6.45) is 6.64. The molecule has 3 rings (SSSR count). The summed E-state index contributed by atoms with van der Waals surface area (Å²) in [7, 11) is 3.68. The number of nitrogens with zero attached hydrogens (tertiary/aromatic N) is 3. The minimum Gasteiger partial charge on any atom is -0.507 e. The predicted octanol–water partition coefficient (Wildman–Crippen LogP) is 6.95. The molecular formula is C23H35N3OS2. The quantitative estimate of drug-likeness (QED) is 0.529. The van der Waals surface area contributed by atoms with Crippen LogP contribution in [-0.4, -0.2) is 25.1 Å². The first-order chi connectivity index (χ1) is 13.5. The molecule has 0 atom stereocenters. The van der Waals surface area contributed by atoms with Gasteiger partial charge in [0, 0.05) is 16.4 Å². The highest BCUT2D eigenvalue weighted by molar-refractivity contribution is 8.76. The van der Waals surface area contributed by atoms with Crippen molar-refractivity contribution in [3.8, 4) is 11.4 Å². The van der Waals surface area contributed by atoms with E-state index in [9.17, 15) is 5.11 Å². The van der Waals surface area contributed by atoms with Crippen LogP contribution in [0.25, 0.3) is 5.69 Å². The van der Waals surface area contributed by atoms with Crippen LogP contribution < -0.4 is 0 Å². The van der Waals surface area contributed by atoms with E-state index in [-0.39, 0.29) is 10.8 Å². The van der Waals surface area contributed by atoms with Gasteiger partial charge in [-0.25, -0.2) is 0 Å². The first-order valence-corrected chi connectivity index (χ1v) is 12.8. The molecule has 4 nitrogen and oxygen atoms in total. The van der Waals surface area contributed by atoms with E-state index in [1.807, 2.05) is 17.7 Å². The van der Waals surface area contributed by atoms with Crippen LogP contribution >= 0.6 is 21.6 Å². The Labute approximate surface area is 183 Å². The van der Waals surface area contributed by atoms with Gasteiger partial charge in [0.15, 0.2) is 0 Å². The number of aromatic nitrogens is 3. The molecule has 6 heteroatoms. The van der Waals surface area contributed by atoms with Crippen molar-refractivity contribution in [1.82, 2.24) is 14.8 Å². The molecule has 160 valence electrons. The molecule has 0 amide bonds. The number of phenolic OH excluding ortho intramolecular Hbond substituents is 1. The van der Waals surface area contributed by atoms with Crippen LogP contribution in [0.4, 0.5) is 0 Å².